The number of benzene rings is 3. The van der Waals surface area contributed by atoms with E-state index in [1.165, 1.54) is 50.4 Å². The zero-order valence-corrected chi connectivity index (χ0v) is 23.8. The Labute approximate surface area is 234 Å². The zero-order chi connectivity index (χ0) is 28.6. The SMILES string of the molecule is CC[C@H](C(=O)NC)N(Cc1ccccc1Cl)C(=O)CN(c1ccc(OC)c(OC)c1)S(=O)(=O)c1ccccc1. The number of likely N-dealkylation sites (N-methyl/N-ethyl adjacent to an activating group) is 1. The van der Waals surface area contributed by atoms with Gasteiger partial charge in [-0.3, -0.25) is 13.9 Å². The molecule has 1 N–H and O–H groups in total. The number of halogens is 1. The predicted molar refractivity (Wildman–Crippen MR) is 151 cm³/mol. The van der Waals surface area contributed by atoms with Crippen LogP contribution < -0.4 is 19.1 Å². The van der Waals surface area contributed by atoms with Crippen molar-refractivity contribution in [1.82, 2.24) is 10.2 Å². The molecule has 0 fully saturated rings. The van der Waals surface area contributed by atoms with Gasteiger partial charge in [-0.1, -0.05) is 54.9 Å². The number of nitrogens with one attached hydrogen (secondary N) is 1. The second-order valence-corrected chi connectivity index (χ2v) is 10.8. The van der Waals surface area contributed by atoms with Gasteiger partial charge in [-0.2, -0.15) is 0 Å². The van der Waals surface area contributed by atoms with Crippen molar-refractivity contribution in [3.8, 4) is 11.5 Å². The van der Waals surface area contributed by atoms with Crippen LogP contribution in [-0.4, -0.2) is 59.0 Å². The van der Waals surface area contributed by atoms with E-state index in [1.807, 2.05) is 0 Å². The summed E-state index contributed by atoms with van der Waals surface area (Å²) in [6, 6.07) is 18.5. The number of carbonyl (C=O) groups is 2. The van der Waals surface area contributed by atoms with Gasteiger partial charge in [0.1, 0.15) is 12.6 Å². The summed E-state index contributed by atoms with van der Waals surface area (Å²) in [6.07, 6.45) is 0.303. The second-order valence-electron chi connectivity index (χ2n) is 8.52. The van der Waals surface area contributed by atoms with Gasteiger partial charge in [0.15, 0.2) is 11.5 Å². The van der Waals surface area contributed by atoms with Crippen molar-refractivity contribution in [2.45, 2.75) is 30.8 Å². The Morgan fingerprint density at radius 1 is 0.949 bits per heavy atom. The van der Waals surface area contributed by atoms with Crippen LogP contribution in [0.25, 0.3) is 0 Å². The van der Waals surface area contributed by atoms with Crippen LogP contribution in [-0.2, 0) is 26.2 Å². The minimum Gasteiger partial charge on any atom is -0.493 e. The van der Waals surface area contributed by atoms with Crippen LogP contribution in [0.3, 0.4) is 0 Å². The summed E-state index contributed by atoms with van der Waals surface area (Å²) < 4.78 is 39.4. The summed E-state index contributed by atoms with van der Waals surface area (Å²) in [5.41, 5.74) is 0.814. The molecule has 9 nitrogen and oxygen atoms in total. The van der Waals surface area contributed by atoms with E-state index in [1.54, 1.807) is 55.5 Å². The second kappa shape index (κ2) is 13.3. The minimum absolute atomic E-state index is 0.00332. The van der Waals surface area contributed by atoms with Crippen LogP contribution in [0.15, 0.2) is 77.7 Å². The van der Waals surface area contributed by atoms with Crippen molar-refractivity contribution in [1.29, 1.82) is 0 Å². The number of ether oxygens (including phenoxy) is 2. The van der Waals surface area contributed by atoms with Crippen LogP contribution in [0, 0.1) is 0 Å². The van der Waals surface area contributed by atoms with E-state index in [-0.39, 0.29) is 23.0 Å². The summed E-state index contributed by atoms with van der Waals surface area (Å²) >= 11 is 6.38. The average molecular weight is 574 g/mol. The lowest BCUT2D eigenvalue weighted by Crippen LogP contribution is -2.51. The minimum atomic E-state index is -4.20. The van der Waals surface area contributed by atoms with Gasteiger partial charge < -0.3 is 19.7 Å². The lowest BCUT2D eigenvalue weighted by atomic mass is 10.1. The molecule has 11 heteroatoms. The Bertz CT molecular complexity index is 1400. The highest BCUT2D eigenvalue weighted by Gasteiger charge is 2.34. The largest absolute Gasteiger partial charge is 0.493 e. The molecule has 208 valence electrons. The van der Waals surface area contributed by atoms with Crippen LogP contribution in [0.1, 0.15) is 18.9 Å². The number of methoxy groups -OCH3 is 2. The van der Waals surface area contributed by atoms with Crippen molar-refractivity contribution in [2.24, 2.45) is 0 Å². The summed E-state index contributed by atoms with van der Waals surface area (Å²) in [6.45, 7) is 1.21. The van der Waals surface area contributed by atoms with Gasteiger partial charge in [0, 0.05) is 24.7 Å². The Kier molecular flexibility index (Phi) is 10.2. The van der Waals surface area contributed by atoms with Gasteiger partial charge in [-0.25, -0.2) is 8.42 Å². The average Bonchev–Trinajstić information content (AvgIpc) is 2.96. The number of nitrogens with zero attached hydrogens (tertiary/aromatic N) is 2. The fourth-order valence-electron chi connectivity index (χ4n) is 4.12. The first-order chi connectivity index (χ1) is 18.7. The van der Waals surface area contributed by atoms with Crippen LogP contribution in [0.4, 0.5) is 5.69 Å². The standard InChI is InChI=1S/C28H32ClN3O6S/c1-5-24(28(34)30-2)31(18-20-11-9-10-14-23(20)29)27(33)19-32(39(35,36)22-12-7-6-8-13-22)21-15-16-25(37-3)26(17-21)38-4/h6-17,24H,5,18-19H2,1-4H3,(H,30,34)/t24-/m1/s1. The first-order valence-corrected chi connectivity index (χ1v) is 14.0. The molecule has 0 saturated heterocycles. The van der Waals surface area contributed by atoms with Gasteiger partial charge in [0.2, 0.25) is 11.8 Å². The molecule has 0 heterocycles. The smallest absolute Gasteiger partial charge is 0.264 e. The highest BCUT2D eigenvalue weighted by molar-refractivity contribution is 7.92. The first-order valence-electron chi connectivity index (χ1n) is 12.2. The molecule has 0 saturated carbocycles. The topological polar surface area (TPSA) is 105 Å². The maximum atomic E-state index is 14.0. The molecule has 0 aliphatic heterocycles. The van der Waals surface area contributed by atoms with E-state index in [0.717, 1.165) is 4.31 Å². The number of sulfonamides is 1. The molecular weight excluding hydrogens is 542 g/mol. The van der Waals surface area contributed by atoms with E-state index in [2.05, 4.69) is 5.32 Å². The lowest BCUT2D eigenvalue weighted by molar-refractivity contribution is -0.140. The molecule has 3 aromatic carbocycles. The number of anilines is 1. The monoisotopic (exact) mass is 573 g/mol. The molecule has 1 atom stereocenters. The quantitative estimate of drug-likeness (QED) is 0.350. The zero-order valence-electron chi connectivity index (χ0n) is 22.3. The third kappa shape index (κ3) is 6.82. The van der Waals surface area contributed by atoms with E-state index >= 15 is 0 Å². The highest BCUT2D eigenvalue weighted by Crippen LogP contribution is 2.34. The lowest BCUT2D eigenvalue weighted by Gasteiger charge is -2.33. The summed E-state index contributed by atoms with van der Waals surface area (Å²) in [5.74, 6) is -0.266. The maximum absolute atomic E-state index is 14.0. The molecule has 0 unspecified atom stereocenters. The van der Waals surface area contributed by atoms with Crippen molar-refractivity contribution in [2.75, 3.05) is 32.1 Å². The summed E-state index contributed by atoms with van der Waals surface area (Å²) in [4.78, 5) is 28.1. The Morgan fingerprint density at radius 3 is 2.18 bits per heavy atom. The van der Waals surface area contributed by atoms with Crippen LogP contribution >= 0.6 is 11.6 Å². The Morgan fingerprint density at radius 2 is 1.59 bits per heavy atom. The van der Waals surface area contributed by atoms with Gasteiger partial charge in [-0.05, 0) is 42.3 Å². The Balaban J connectivity index is 2.11. The third-order valence-electron chi connectivity index (χ3n) is 6.20. The molecule has 0 aliphatic rings. The summed E-state index contributed by atoms with van der Waals surface area (Å²) in [7, 11) is 0.183. The molecule has 3 rings (SSSR count). The maximum Gasteiger partial charge on any atom is 0.264 e. The van der Waals surface area contributed by atoms with E-state index in [9.17, 15) is 18.0 Å². The fraction of sp³-hybridized carbons (Fsp3) is 0.286. The number of rotatable bonds is 12. The normalized spacial score (nSPS) is 11.8. The number of hydrogen-bond acceptors (Lipinski definition) is 6. The van der Waals surface area contributed by atoms with Gasteiger partial charge in [0.05, 0.1) is 24.8 Å². The van der Waals surface area contributed by atoms with Crippen LogP contribution in [0.5, 0.6) is 11.5 Å². The Hall–Kier alpha value is -3.76. The van der Waals surface area contributed by atoms with Gasteiger partial charge >= 0.3 is 0 Å². The fourth-order valence-corrected chi connectivity index (χ4v) is 5.75. The van der Waals surface area contributed by atoms with Crippen molar-refractivity contribution >= 4 is 39.1 Å². The van der Waals surface area contributed by atoms with Gasteiger partial charge in [-0.15, -0.1) is 0 Å². The molecule has 0 aromatic heterocycles. The molecular formula is C28H32ClN3O6S. The van der Waals surface area contributed by atoms with Crippen LogP contribution in [0.2, 0.25) is 5.02 Å². The molecule has 0 radical (unpaired) electrons. The summed E-state index contributed by atoms with van der Waals surface area (Å²) in [5, 5.41) is 3.02. The highest BCUT2D eigenvalue weighted by atomic mass is 35.5. The molecule has 2 amide bonds. The molecule has 0 aliphatic carbocycles. The van der Waals surface area contributed by atoms with Crippen molar-refractivity contribution in [3.05, 3.63) is 83.4 Å². The van der Waals surface area contributed by atoms with Crippen molar-refractivity contribution in [3.63, 3.8) is 0 Å². The van der Waals surface area contributed by atoms with Crippen molar-refractivity contribution < 1.29 is 27.5 Å². The first kappa shape index (κ1) is 29.8. The molecule has 3 aromatic rings. The molecule has 0 spiro atoms. The van der Waals surface area contributed by atoms with E-state index in [4.69, 9.17) is 21.1 Å². The number of carbonyl (C=O) groups excluding carboxylic acids is 2. The molecule has 0 bridgehead atoms. The third-order valence-corrected chi connectivity index (χ3v) is 8.35. The predicted octanol–water partition coefficient (Wildman–Crippen LogP) is 4.11. The number of hydrogen-bond donors (Lipinski definition) is 1. The van der Waals surface area contributed by atoms with E-state index < -0.39 is 28.5 Å². The molecule has 39 heavy (non-hydrogen) atoms. The van der Waals surface area contributed by atoms with E-state index in [0.29, 0.717) is 28.5 Å². The van der Waals surface area contributed by atoms with Gasteiger partial charge in [0.25, 0.3) is 10.0 Å². The number of amides is 2.